The van der Waals surface area contributed by atoms with Crippen molar-refractivity contribution in [3.63, 3.8) is 0 Å². The van der Waals surface area contributed by atoms with Gasteiger partial charge < -0.3 is 10.4 Å². The molecule has 0 saturated heterocycles. The van der Waals surface area contributed by atoms with Crippen molar-refractivity contribution in [2.24, 2.45) is 0 Å². The highest BCUT2D eigenvalue weighted by Gasteiger charge is 2.12. The first-order valence-electron chi connectivity index (χ1n) is 6.11. The summed E-state index contributed by atoms with van der Waals surface area (Å²) in [7, 11) is 1.53. The van der Waals surface area contributed by atoms with Crippen molar-refractivity contribution >= 4 is 23.4 Å². The van der Waals surface area contributed by atoms with Crippen LogP contribution in [-0.2, 0) is 0 Å². The van der Waals surface area contributed by atoms with Gasteiger partial charge >= 0.3 is 12.0 Å². The third kappa shape index (κ3) is 3.56. The summed E-state index contributed by atoms with van der Waals surface area (Å²) in [5.41, 5.74) is 1.00. The van der Waals surface area contributed by atoms with E-state index in [0.717, 1.165) is 0 Å². The zero-order valence-corrected chi connectivity index (χ0v) is 11.2. The summed E-state index contributed by atoms with van der Waals surface area (Å²) < 4.78 is 13.0. The van der Waals surface area contributed by atoms with Crippen molar-refractivity contribution in [3.05, 3.63) is 59.9 Å². The minimum Gasteiger partial charge on any atom is -0.478 e. The van der Waals surface area contributed by atoms with Gasteiger partial charge in [-0.2, -0.15) is 0 Å². The molecule has 2 aromatic carbocycles. The van der Waals surface area contributed by atoms with Gasteiger partial charge in [0.15, 0.2) is 0 Å². The van der Waals surface area contributed by atoms with Crippen LogP contribution < -0.4 is 10.2 Å². The molecule has 0 aliphatic heterocycles. The van der Waals surface area contributed by atoms with Gasteiger partial charge in [0.25, 0.3) is 0 Å². The second kappa shape index (κ2) is 6.04. The van der Waals surface area contributed by atoms with Gasteiger partial charge in [0, 0.05) is 18.4 Å². The summed E-state index contributed by atoms with van der Waals surface area (Å²) in [5.74, 6) is -1.48. The lowest BCUT2D eigenvalue weighted by molar-refractivity contribution is 0.0697. The molecule has 2 rings (SSSR count). The molecule has 0 unspecified atom stereocenters. The highest BCUT2D eigenvalue weighted by Crippen LogP contribution is 2.16. The summed E-state index contributed by atoms with van der Waals surface area (Å²) in [6.45, 7) is 0. The number of anilines is 2. The van der Waals surface area contributed by atoms with Crippen molar-refractivity contribution in [1.29, 1.82) is 0 Å². The average Bonchev–Trinajstić information content (AvgIpc) is 2.46. The van der Waals surface area contributed by atoms with E-state index in [4.69, 9.17) is 5.11 Å². The van der Waals surface area contributed by atoms with Gasteiger partial charge in [0.1, 0.15) is 5.82 Å². The first-order chi connectivity index (χ1) is 9.97. The highest BCUT2D eigenvalue weighted by atomic mass is 19.1. The van der Waals surface area contributed by atoms with E-state index in [-0.39, 0.29) is 5.56 Å². The zero-order valence-electron chi connectivity index (χ0n) is 11.2. The molecule has 108 valence electrons. The van der Waals surface area contributed by atoms with Crippen LogP contribution in [0.1, 0.15) is 10.4 Å². The number of carbonyl (C=O) groups is 2. The Morgan fingerprint density at radius 1 is 1.14 bits per heavy atom. The number of nitrogens with one attached hydrogen (secondary N) is 1. The number of urea groups is 1. The van der Waals surface area contributed by atoms with Gasteiger partial charge in [-0.25, -0.2) is 14.0 Å². The summed E-state index contributed by atoms with van der Waals surface area (Å²) in [6.07, 6.45) is 0. The molecule has 0 atom stereocenters. The minimum atomic E-state index is -1.03. The van der Waals surface area contributed by atoms with Crippen LogP contribution in [-0.4, -0.2) is 24.2 Å². The van der Waals surface area contributed by atoms with Gasteiger partial charge in [-0.15, -0.1) is 0 Å². The number of hydrogen-bond acceptors (Lipinski definition) is 2. The molecule has 2 aromatic rings. The number of benzene rings is 2. The standard InChI is InChI=1S/C15H13FN2O3/c1-18(13-7-5-10(6-8-13)14(19)20)15(21)17-12-4-2-3-11(16)9-12/h2-9H,1H3,(H,17,21)(H,19,20). The lowest BCUT2D eigenvalue weighted by Crippen LogP contribution is -2.31. The lowest BCUT2D eigenvalue weighted by Gasteiger charge is -2.18. The first-order valence-corrected chi connectivity index (χ1v) is 6.11. The van der Waals surface area contributed by atoms with Gasteiger partial charge in [-0.1, -0.05) is 6.07 Å². The zero-order chi connectivity index (χ0) is 15.4. The fourth-order valence-corrected chi connectivity index (χ4v) is 1.72. The third-order valence-electron chi connectivity index (χ3n) is 2.88. The largest absolute Gasteiger partial charge is 0.478 e. The summed E-state index contributed by atoms with van der Waals surface area (Å²) in [5, 5.41) is 11.4. The van der Waals surface area contributed by atoms with Crippen molar-refractivity contribution < 1.29 is 19.1 Å². The second-order valence-corrected chi connectivity index (χ2v) is 4.35. The van der Waals surface area contributed by atoms with Gasteiger partial charge in [-0.3, -0.25) is 4.90 Å². The molecule has 0 aliphatic carbocycles. The molecule has 0 saturated carbocycles. The van der Waals surface area contributed by atoms with Gasteiger partial charge in [0.05, 0.1) is 5.56 Å². The van der Waals surface area contributed by atoms with E-state index in [1.807, 2.05) is 0 Å². The van der Waals surface area contributed by atoms with E-state index in [2.05, 4.69) is 5.32 Å². The summed E-state index contributed by atoms with van der Waals surface area (Å²) >= 11 is 0. The van der Waals surface area contributed by atoms with Crippen LogP contribution in [0.25, 0.3) is 0 Å². The second-order valence-electron chi connectivity index (χ2n) is 4.35. The van der Waals surface area contributed by atoms with Crippen molar-refractivity contribution in [1.82, 2.24) is 0 Å². The molecule has 5 nitrogen and oxygen atoms in total. The smallest absolute Gasteiger partial charge is 0.335 e. The van der Waals surface area contributed by atoms with Crippen LogP contribution in [0.3, 0.4) is 0 Å². The average molecular weight is 288 g/mol. The van der Waals surface area contributed by atoms with E-state index in [0.29, 0.717) is 11.4 Å². The molecule has 0 spiro atoms. The predicted molar refractivity (Wildman–Crippen MR) is 77.2 cm³/mol. The highest BCUT2D eigenvalue weighted by molar-refractivity contribution is 6.01. The Kier molecular flexibility index (Phi) is 4.18. The summed E-state index contributed by atoms with van der Waals surface area (Å²) in [6, 6.07) is 11.0. The van der Waals surface area contributed by atoms with Gasteiger partial charge in [0.2, 0.25) is 0 Å². The number of halogens is 1. The Hall–Kier alpha value is -2.89. The van der Waals surface area contributed by atoms with Gasteiger partial charge in [-0.05, 0) is 42.5 Å². The molecular formula is C15H13FN2O3. The summed E-state index contributed by atoms with van der Waals surface area (Å²) in [4.78, 5) is 24.1. The van der Waals surface area contributed by atoms with Crippen LogP contribution in [0.5, 0.6) is 0 Å². The maximum absolute atomic E-state index is 13.0. The molecule has 0 bridgehead atoms. The predicted octanol–water partition coefficient (Wildman–Crippen LogP) is 3.19. The molecule has 0 fully saturated rings. The number of rotatable bonds is 3. The third-order valence-corrected chi connectivity index (χ3v) is 2.88. The number of nitrogens with zero attached hydrogens (tertiary/aromatic N) is 1. The Balaban J connectivity index is 2.10. The van der Waals surface area contributed by atoms with Crippen LogP contribution >= 0.6 is 0 Å². The minimum absolute atomic E-state index is 0.137. The fourth-order valence-electron chi connectivity index (χ4n) is 1.72. The molecule has 0 aliphatic rings. The molecule has 0 aromatic heterocycles. The number of aromatic carboxylic acids is 1. The van der Waals surface area contributed by atoms with E-state index >= 15 is 0 Å². The molecule has 0 heterocycles. The number of amides is 2. The lowest BCUT2D eigenvalue weighted by atomic mass is 10.2. The fraction of sp³-hybridized carbons (Fsp3) is 0.0667. The number of carbonyl (C=O) groups excluding carboxylic acids is 1. The molecule has 2 amide bonds. The SMILES string of the molecule is CN(C(=O)Nc1cccc(F)c1)c1ccc(C(=O)O)cc1. The molecular weight excluding hydrogens is 275 g/mol. The molecule has 2 N–H and O–H groups in total. The van der Waals surface area contributed by atoms with E-state index < -0.39 is 17.8 Å². The maximum Gasteiger partial charge on any atom is 0.335 e. The quantitative estimate of drug-likeness (QED) is 0.911. The maximum atomic E-state index is 13.0. The van der Waals surface area contributed by atoms with Crippen molar-refractivity contribution in [2.75, 3.05) is 17.3 Å². The van der Waals surface area contributed by atoms with E-state index in [1.54, 1.807) is 6.07 Å². The molecule has 0 radical (unpaired) electrons. The monoisotopic (exact) mass is 288 g/mol. The molecule has 6 heteroatoms. The number of carboxylic acids is 1. The van der Waals surface area contributed by atoms with E-state index in [9.17, 15) is 14.0 Å². The number of hydrogen-bond donors (Lipinski definition) is 2. The normalized spacial score (nSPS) is 10.0. The topological polar surface area (TPSA) is 69.6 Å². The van der Waals surface area contributed by atoms with Crippen molar-refractivity contribution in [2.45, 2.75) is 0 Å². The Morgan fingerprint density at radius 2 is 1.81 bits per heavy atom. The van der Waals surface area contributed by atoms with Crippen LogP contribution in [0.2, 0.25) is 0 Å². The van der Waals surface area contributed by atoms with Crippen LogP contribution in [0.4, 0.5) is 20.6 Å². The first kappa shape index (κ1) is 14.5. The van der Waals surface area contributed by atoms with Crippen molar-refractivity contribution in [3.8, 4) is 0 Å². The molecule has 21 heavy (non-hydrogen) atoms. The van der Waals surface area contributed by atoms with Crippen LogP contribution in [0.15, 0.2) is 48.5 Å². The van der Waals surface area contributed by atoms with Crippen LogP contribution in [0, 0.1) is 5.82 Å². The Morgan fingerprint density at radius 3 is 2.38 bits per heavy atom. The van der Waals surface area contributed by atoms with E-state index in [1.165, 1.54) is 54.4 Å². The Bertz CT molecular complexity index is 671. The Labute approximate surface area is 120 Å². The number of carboxylic acid groups (broad SMARTS) is 1.